The summed E-state index contributed by atoms with van der Waals surface area (Å²) in [5.41, 5.74) is 3.97. The van der Waals surface area contributed by atoms with Crippen LogP contribution in [0.15, 0.2) is 23.1 Å². The van der Waals surface area contributed by atoms with Crippen molar-refractivity contribution in [3.05, 3.63) is 23.2 Å². The number of carbonyl (C=O) groups excluding carboxylic acids is 2. The van der Waals surface area contributed by atoms with Crippen molar-refractivity contribution < 1.29 is 14.7 Å². The third kappa shape index (κ3) is 2.84. The topological polar surface area (TPSA) is 95.7 Å². The second kappa shape index (κ2) is 5.51. The van der Waals surface area contributed by atoms with Gasteiger partial charge in [0.05, 0.1) is 18.1 Å². The van der Waals surface area contributed by atoms with E-state index in [-0.39, 0.29) is 13.1 Å². The zero-order chi connectivity index (χ0) is 14.9. The van der Waals surface area contributed by atoms with E-state index in [1.54, 1.807) is 18.2 Å². The third-order valence-electron chi connectivity index (χ3n) is 3.05. The van der Waals surface area contributed by atoms with Gasteiger partial charge in [0.1, 0.15) is 0 Å². The summed E-state index contributed by atoms with van der Waals surface area (Å²) in [5, 5.41) is 12.9. The minimum Gasteiger partial charge on any atom is -0.377 e. The van der Waals surface area contributed by atoms with Crippen LogP contribution in [0.3, 0.4) is 0 Å². The van der Waals surface area contributed by atoms with E-state index in [0.717, 1.165) is 4.90 Å². The van der Waals surface area contributed by atoms with Crippen LogP contribution in [0.5, 0.6) is 0 Å². The first-order valence-electron chi connectivity index (χ1n) is 5.77. The summed E-state index contributed by atoms with van der Waals surface area (Å²) >= 11 is 7.55. The highest BCUT2D eigenvalue weighted by Crippen LogP contribution is 2.28. The average Bonchev–Trinajstić information content (AvgIpc) is 2.34. The smallest absolute Gasteiger partial charge is 0.322 e. The molecule has 0 atom stereocenters. The molecule has 2 rings (SSSR count). The Balaban J connectivity index is 1.97. The molecule has 6 nitrogen and oxygen atoms in total. The van der Waals surface area contributed by atoms with Crippen LogP contribution in [0.25, 0.3) is 0 Å². The first kappa shape index (κ1) is 15.0. The molecule has 1 aromatic rings. The standard InChI is InChI=1S/C12H14ClN3O3S/c1-20-9-3-2-7(4-8(9)13)15-11(18)16-5-12(19,6-16)10(14)17/h2-4,19H,5-6H2,1H3,(H2,14,17)(H,15,18). The van der Waals surface area contributed by atoms with Gasteiger partial charge in [0, 0.05) is 10.6 Å². The minimum absolute atomic E-state index is 0.106. The Bertz CT molecular complexity index is 561. The van der Waals surface area contributed by atoms with E-state index in [1.807, 2.05) is 6.26 Å². The molecule has 0 unspecified atom stereocenters. The average molecular weight is 316 g/mol. The van der Waals surface area contributed by atoms with E-state index in [1.165, 1.54) is 16.7 Å². The second-order valence-electron chi connectivity index (χ2n) is 4.53. The maximum atomic E-state index is 11.9. The lowest BCUT2D eigenvalue weighted by atomic mass is 9.94. The molecule has 1 fully saturated rings. The Morgan fingerprint density at radius 1 is 1.50 bits per heavy atom. The minimum atomic E-state index is -1.61. The number of nitrogens with two attached hydrogens (primary N) is 1. The number of hydrogen-bond donors (Lipinski definition) is 3. The zero-order valence-electron chi connectivity index (χ0n) is 10.7. The fourth-order valence-electron chi connectivity index (χ4n) is 1.83. The number of halogens is 1. The number of β-amino-alcohol motifs (C(OH)–C–C–N with tert-alkyl or cyclic N) is 1. The summed E-state index contributed by atoms with van der Waals surface area (Å²) < 4.78 is 0. The SMILES string of the molecule is CSc1ccc(NC(=O)N2CC(O)(C(N)=O)C2)cc1Cl. The van der Waals surface area contributed by atoms with Gasteiger partial charge in [-0.3, -0.25) is 4.79 Å². The first-order valence-corrected chi connectivity index (χ1v) is 7.38. The number of likely N-dealkylation sites (tertiary alicyclic amines) is 1. The summed E-state index contributed by atoms with van der Waals surface area (Å²) in [6.45, 7) is -0.213. The molecule has 1 saturated heterocycles. The molecule has 1 heterocycles. The van der Waals surface area contributed by atoms with E-state index in [0.29, 0.717) is 10.7 Å². The Hall–Kier alpha value is -1.44. The fraction of sp³-hybridized carbons (Fsp3) is 0.333. The molecule has 1 aliphatic rings. The number of aliphatic hydroxyl groups is 1. The Morgan fingerprint density at radius 2 is 2.15 bits per heavy atom. The Labute approximate surface area is 125 Å². The number of amides is 3. The van der Waals surface area contributed by atoms with Gasteiger partial charge >= 0.3 is 6.03 Å². The maximum absolute atomic E-state index is 11.9. The van der Waals surface area contributed by atoms with Crippen molar-refractivity contribution in [3.63, 3.8) is 0 Å². The van der Waals surface area contributed by atoms with Crippen molar-refractivity contribution in [2.75, 3.05) is 24.7 Å². The van der Waals surface area contributed by atoms with Gasteiger partial charge in [-0.2, -0.15) is 0 Å². The van der Waals surface area contributed by atoms with E-state index in [2.05, 4.69) is 5.32 Å². The Kier molecular flexibility index (Phi) is 4.12. The van der Waals surface area contributed by atoms with Crippen molar-refractivity contribution >= 4 is 41.0 Å². The zero-order valence-corrected chi connectivity index (χ0v) is 12.3. The largest absolute Gasteiger partial charge is 0.377 e. The normalized spacial score (nSPS) is 16.4. The van der Waals surface area contributed by atoms with E-state index in [4.69, 9.17) is 17.3 Å². The lowest BCUT2D eigenvalue weighted by Gasteiger charge is -2.43. The molecule has 0 spiro atoms. The molecule has 0 radical (unpaired) electrons. The molecule has 0 aliphatic carbocycles. The van der Waals surface area contributed by atoms with Crippen LogP contribution in [0, 0.1) is 0 Å². The molecule has 0 aromatic heterocycles. The quantitative estimate of drug-likeness (QED) is 0.728. The number of hydrogen-bond acceptors (Lipinski definition) is 4. The molecule has 1 aromatic carbocycles. The number of benzene rings is 1. The van der Waals surface area contributed by atoms with Crippen molar-refractivity contribution in [3.8, 4) is 0 Å². The lowest BCUT2D eigenvalue weighted by Crippen LogP contribution is -2.69. The van der Waals surface area contributed by atoms with Crippen LogP contribution in [0.2, 0.25) is 5.02 Å². The molecule has 3 amide bonds. The number of primary amides is 1. The van der Waals surface area contributed by atoms with Crippen molar-refractivity contribution in [1.82, 2.24) is 4.90 Å². The second-order valence-corrected chi connectivity index (χ2v) is 5.79. The number of thioether (sulfide) groups is 1. The highest BCUT2D eigenvalue weighted by Gasteiger charge is 2.48. The van der Waals surface area contributed by atoms with Crippen molar-refractivity contribution in [2.45, 2.75) is 10.5 Å². The summed E-state index contributed by atoms with van der Waals surface area (Å²) in [7, 11) is 0. The van der Waals surface area contributed by atoms with Gasteiger partial charge < -0.3 is 21.1 Å². The first-order chi connectivity index (χ1) is 9.35. The molecule has 108 valence electrons. The number of anilines is 1. The van der Waals surface area contributed by atoms with Crippen LogP contribution >= 0.6 is 23.4 Å². The van der Waals surface area contributed by atoms with E-state index < -0.39 is 17.5 Å². The summed E-state index contributed by atoms with van der Waals surface area (Å²) in [4.78, 5) is 25.0. The van der Waals surface area contributed by atoms with Gasteiger partial charge in [-0.05, 0) is 24.5 Å². The van der Waals surface area contributed by atoms with Crippen LogP contribution < -0.4 is 11.1 Å². The summed E-state index contributed by atoms with van der Waals surface area (Å²) in [6.07, 6.45) is 1.91. The van der Waals surface area contributed by atoms with Crippen molar-refractivity contribution in [1.29, 1.82) is 0 Å². The van der Waals surface area contributed by atoms with Crippen LogP contribution in [-0.2, 0) is 4.79 Å². The molecule has 1 aliphatic heterocycles. The molecular weight excluding hydrogens is 302 g/mol. The number of carbonyl (C=O) groups is 2. The lowest BCUT2D eigenvalue weighted by molar-refractivity contribution is -0.150. The molecule has 0 saturated carbocycles. The highest BCUT2D eigenvalue weighted by atomic mass is 35.5. The molecule has 8 heteroatoms. The van der Waals surface area contributed by atoms with Gasteiger partial charge in [-0.1, -0.05) is 11.6 Å². The number of nitrogens with one attached hydrogen (secondary N) is 1. The number of rotatable bonds is 3. The summed E-state index contributed by atoms with van der Waals surface area (Å²) in [6, 6.07) is 4.77. The number of nitrogens with zero attached hydrogens (tertiary/aromatic N) is 1. The van der Waals surface area contributed by atoms with Gasteiger partial charge in [0.2, 0.25) is 0 Å². The van der Waals surface area contributed by atoms with Crippen molar-refractivity contribution in [2.24, 2.45) is 5.73 Å². The van der Waals surface area contributed by atoms with Gasteiger partial charge in [-0.15, -0.1) is 11.8 Å². The number of urea groups is 1. The van der Waals surface area contributed by atoms with Gasteiger partial charge in [-0.25, -0.2) is 4.79 Å². The van der Waals surface area contributed by atoms with Crippen LogP contribution in [0.4, 0.5) is 10.5 Å². The van der Waals surface area contributed by atoms with E-state index in [9.17, 15) is 14.7 Å². The molecule has 20 heavy (non-hydrogen) atoms. The van der Waals surface area contributed by atoms with Crippen LogP contribution in [-0.4, -0.2) is 46.9 Å². The predicted molar refractivity (Wildman–Crippen MR) is 78.0 cm³/mol. The molecule has 0 bridgehead atoms. The third-order valence-corrected chi connectivity index (χ3v) is 4.27. The van der Waals surface area contributed by atoms with Gasteiger partial charge in [0.15, 0.2) is 5.60 Å². The highest BCUT2D eigenvalue weighted by molar-refractivity contribution is 7.98. The van der Waals surface area contributed by atoms with Crippen LogP contribution in [0.1, 0.15) is 0 Å². The summed E-state index contributed by atoms with van der Waals surface area (Å²) in [5.74, 6) is -0.825. The predicted octanol–water partition coefficient (Wildman–Crippen LogP) is 1.13. The van der Waals surface area contributed by atoms with E-state index >= 15 is 0 Å². The molecule has 4 N–H and O–H groups in total. The Morgan fingerprint density at radius 3 is 2.65 bits per heavy atom. The maximum Gasteiger partial charge on any atom is 0.322 e. The fourth-order valence-corrected chi connectivity index (χ4v) is 2.70. The van der Waals surface area contributed by atoms with Gasteiger partial charge in [0.25, 0.3) is 5.91 Å². The monoisotopic (exact) mass is 315 g/mol. The molecular formula is C12H14ClN3O3S.